The van der Waals surface area contributed by atoms with Gasteiger partial charge in [-0.2, -0.15) is 0 Å². The average Bonchev–Trinajstić information content (AvgIpc) is 2.77. The maximum absolute atomic E-state index is 12.1. The average molecular weight is 379 g/mol. The summed E-state index contributed by atoms with van der Waals surface area (Å²) in [7, 11) is 1.65. The summed E-state index contributed by atoms with van der Waals surface area (Å²) in [6.07, 6.45) is 2.18. The number of hydrogen-bond acceptors (Lipinski definition) is 5. The van der Waals surface area contributed by atoms with Gasteiger partial charge in [-0.1, -0.05) is 11.6 Å². The van der Waals surface area contributed by atoms with E-state index in [1.54, 1.807) is 23.8 Å². The van der Waals surface area contributed by atoms with Gasteiger partial charge in [-0.3, -0.25) is 4.79 Å². The Kier molecular flexibility index (Phi) is 5.49. The van der Waals surface area contributed by atoms with E-state index in [-0.39, 0.29) is 5.56 Å². The number of aromatic nitrogens is 1. The van der Waals surface area contributed by atoms with E-state index < -0.39 is 11.4 Å². The summed E-state index contributed by atoms with van der Waals surface area (Å²) in [5.41, 5.74) is 1.16. The molecule has 7 nitrogen and oxygen atoms in total. The van der Waals surface area contributed by atoms with Crippen LogP contribution >= 0.6 is 11.6 Å². The molecule has 2 heterocycles. The number of fused-ring (bicyclic) bond motifs is 3. The van der Waals surface area contributed by atoms with Crippen LogP contribution in [0.15, 0.2) is 29.2 Å². The second kappa shape index (κ2) is 7.80. The SMILES string of the molecule is COCCCNc1cc2c(cc1Cl)-c1cc(=O)c(C(=O)O)cn1CCO2. The number of halogens is 1. The van der Waals surface area contributed by atoms with E-state index in [9.17, 15) is 9.59 Å². The van der Waals surface area contributed by atoms with E-state index in [0.29, 0.717) is 48.3 Å². The van der Waals surface area contributed by atoms with Crippen molar-refractivity contribution in [1.29, 1.82) is 0 Å². The number of nitrogens with one attached hydrogen (secondary N) is 1. The first-order valence-electron chi connectivity index (χ1n) is 8.18. The fraction of sp³-hybridized carbons (Fsp3) is 0.333. The lowest BCUT2D eigenvalue weighted by atomic mass is 10.1. The van der Waals surface area contributed by atoms with Gasteiger partial charge in [-0.15, -0.1) is 0 Å². The first kappa shape index (κ1) is 18.3. The Bertz CT molecular complexity index is 894. The number of benzene rings is 1. The summed E-state index contributed by atoms with van der Waals surface area (Å²) >= 11 is 6.38. The predicted molar refractivity (Wildman–Crippen MR) is 98.6 cm³/mol. The van der Waals surface area contributed by atoms with Crippen molar-refractivity contribution in [2.75, 3.05) is 32.2 Å². The van der Waals surface area contributed by atoms with Crippen molar-refractivity contribution < 1.29 is 19.4 Å². The van der Waals surface area contributed by atoms with E-state index in [2.05, 4.69) is 5.32 Å². The third kappa shape index (κ3) is 3.68. The van der Waals surface area contributed by atoms with Crippen LogP contribution in [-0.4, -0.2) is 42.5 Å². The number of anilines is 1. The zero-order valence-electron chi connectivity index (χ0n) is 14.3. The van der Waals surface area contributed by atoms with Crippen molar-refractivity contribution >= 4 is 23.3 Å². The van der Waals surface area contributed by atoms with Gasteiger partial charge < -0.3 is 24.5 Å². The van der Waals surface area contributed by atoms with Crippen LogP contribution in [0, 0.1) is 0 Å². The normalized spacial score (nSPS) is 12.5. The summed E-state index contributed by atoms with van der Waals surface area (Å²) in [5.74, 6) is -0.651. The highest BCUT2D eigenvalue weighted by Crippen LogP contribution is 2.38. The molecule has 26 heavy (non-hydrogen) atoms. The highest BCUT2D eigenvalue weighted by atomic mass is 35.5. The number of carboxylic acids is 1. The third-order valence-electron chi connectivity index (χ3n) is 4.13. The molecule has 1 aromatic heterocycles. The smallest absolute Gasteiger partial charge is 0.341 e. The number of hydrogen-bond donors (Lipinski definition) is 2. The number of aromatic carboxylic acids is 1. The van der Waals surface area contributed by atoms with Crippen LogP contribution in [0.3, 0.4) is 0 Å². The zero-order chi connectivity index (χ0) is 18.7. The van der Waals surface area contributed by atoms with E-state index in [1.807, 2.05) is 0 Å². The van der Waals surface area contributed by atoms with Crippen molar-refractivity contribution in [3.05, 3.63) is 45.2 Å². The summed E-state index contributed by atoms with van der Waals surface area (Å²) in [4.78, 5) is 23.3. The van der Waals surface area contributed by atoms with Crippen LogP contribution in [0.5, 0.6) is 5.75 Å². The van der Waals surface area contributed by atoms with Crippen LogP contribution in [-0.2, 0) is 11.3 Å². The van der Waals surface area contributed by atoms with Crippen molar-refractivity contribution in [2.24, 2.45) is 0 Å². The highest BCUT2D eigenvalue weighted by molar-refractivity contribution is 6.33. The number of carbonyl (C=O) groups is 1. The summed E-state index contributed by atoms with van der Waals surface area (Å²) in [5, 5.41) is 12.9. The number of carboxylic acid groups (broad SMARTS) is 1. The van der Waals surface area contributed by atoms with Crippen molar-refractivity contribution in [3.63, 3.8) is 0 Å². The lowest BCUT2D eigenvalue weighted by Gasteiger charge is -2.14. The third-order valence-corrected chi connectivity index (χ3v) is 4.45. The Morgan fingerprint density at radius 3 is 2.96 bits per heavy atom. The quantitative estimate of drug-likeness (QED) is 0.751. The van der Waals surface area contributed by atoms with Gasteiger partial charge >= 0.3 is 5.97 Å². The maximum atomic E-state index is 12.1. The first-order valence-corrected chi connectivity index (χ1v) is 8.56. The molecule has 0 amide bonds. The predicted octanol–water partition coefficient (Wildman–Crippen LogP) is 2.71. The van der Waals surface area contributed by atoms with Crippen LogP contribution in [0.2, 0.25) is 5.02 Å². The molecule has 2 N–H and O–H groups in total. The van der Waals surface area contributed by atoms with Crippen molar-refractivity contribution in [2.45, 2.75) is 13.0 Å². The first-order chi connectivity index (χ1) is 12.5. The standard InChI is InChI=1S/C18H19ClN2O5/c1-25-5-2-3-20-14-8-17-11(7-13(14)19)15-9-16(22)12(18(23)24)10-21(15)4-6-26-17/h7-10,20H,2-6H2,1H3,(H,23,24). The van der Waals surface area contributed by atoms with Gasteiger partial charge in [0.2, 0.25) is 0 Å². The van der Waals surface area contributed by atoms with Crippen molar-refractivity contribution in [3.8, 4) is 17.0 Å². The van der Waals surface area contributed by atoms with E-state index in [1.165, 1.54) is 12.3 Å². The second-order valence-corrected chi connectivity index (χ2v) is 6.29. The van der Waals surface area contributed by atoms with Gasteiger partial charge in [0.25, 0.3) is 0 Å². The van der Waals surface area contributed by atoms with Gasteiger partial charge in [-0.25, -0.2) is 4.79 Å². The van der Waals surface area contributed by atoms with Crippen LogP contribution in [0.1, 0.15) is 16.8 Å². The topological polar surface area (TPSA) is 89.8 Å². The number of nitrogens with zero attached hydrogens (tertiary/aromatic N) is 1. The molecule has 138 valence electrons. The molecule has 0 fully saturated rings. The molecule has 0 atom stereocenters. The highest BCUT2D eigenvalue weighted by Gasteiger charge is 2.20. The minimum Gasteiger partial charge on any atom is -0.491 e. The lowest BCUT2D eigenvalue weighted by molar-refractivity contribution is 0.0694. The van der Waals surface area contributed by atoms with Crippen LogP contribution in [0.25, 0.3) is 11.3 Å². The fourth-order valence-electron chi connectivity index (χ4n) is 2.85. The Morgan fingerprint density at radius 1 is 1.42 bits per heavy atom. The van der Waals surface area contributed by atoms with Crippen LogP contribution < -0.4 is 15.5 Å². The van der Waals surface area contributed by atoms with Crippen LogP contribution in [0.4, 0.5) is 5.69 Å². The molecule has 0 saturated carbocycles. The van der Waals surface area contributed by atoms with Gasteiger partial charge in [0.05, 0.1) is 22.9 Å². The Balaban J connectivity index is 2.00. The van der Waals surface area contributed by atoms with E-state index in [4.69, 9.17) is 26.2 Å². The van der Waals surface area contributed by atoms with Gasteiger partial charge in [0.15, 0.2) is 5.43 Å². The van der Waals surface area contributed by atoms with Gasteiger partial charge in [0, 0.05) is 44.2 Å². The lowest BCUT2D eigenvalue weighted by Crippen LogP contribution is -2.19. The number of methoxy groups -OCH3 is 1. The Hall–Kier alpha value is -2.51. The van der Waals surface area contributed by atoms with Gasteiger partial charge in [-0.05, 0) is 12.5 Å². The Labute approximate surface area is 155 Å². The molecule has 0 aliphatic carbocycles. The molecule has 1 aromatic carbocycles. The number of ether oxygens (including phenoxy) is 2. The second-order valence-electron chi connectivity index (χ2n) is 5.88. The monoisotopic (exact) mass is 378 g/mol. The minimum atomic E-state index is -1.25. The molecule has 0 unspecified atom stereocenters. The molecule has 1 aliphatic rings. The molecule has 0 bridgehead atoms. The van der Waals surface area contributed by atoms with E-state index >= 15 is 0 Å². The summed E-state index contributed by atoms with van der Waals surface area (Å²) in [6.45, 7) is 2.13. The summed E-state index contributed by atoms with van der Waals surface area (Å²) in [6, 6.07) is 4.85. The molecule has 2 aromatic rings. The Morgan fingerprint density at radius 2 is 2.23 bits per heavy atom. The number of pyridine rings is 1. The minimum absolute atomic E-state index is 0.264. The zero-order valence-corrected chi connectivity index (χ0v) is 15.0. The molecule has 8 heteroatoms. The molecule has 0 radical (unpaired) electrons. The summed E-state index contributed by atoms with van der Waals surface area (Å²) < 4.78 is 12.5. The van der Waals surface area contributed by atoms with E-state index in [0.717, 1.165) is 12.1 Å². The molecule has 0 spiro atoms. The maximum Gasteiger partial charge on any atom is 0.341 e. The van der Waals surface area contributed by atoms with Gasteiger partial charge in [0.1, 0.15) is 17.9 Å². The largest absolute Gasteiger partial charge is 0.491 e. The molecule has 3 rings (SSSR count). The van der Waals surface area contributed by atoms with Crippen molar-refractivity contribution in [1.82, 2.24) is 4.57 Å². The molecule has 1 aliphatic heterocycles. The fourth-order valence-corrected chi connectivity index (χ4v) is 3.08. The molecular formula is C18H19ClN2O5. The molecular weight excluding hydrogens is 360 g/mol. The molecule has 0 saturated heterocycles. The number of rotatable bonds is 6.